The third kappa shape index (κ3) is 4.68. The highest BCUT2D eigenvalue weighted by Gasteiger charge is 2.21. The number of ether oxygens (including phenoxy) is 2. The Kier molecular flexibility index (Phi) is 6.57. The van der Waals surface area contributed by atoms with Crippen molar-refractivity contribution in [3.63, 3.8) is 0 Å². The van der Waals surface area contributed by atoms with Crippen LogP contribution in [0, 0.1) is 0 Å². The quantitative estimate of drug-likeness (QED) is 0.592. The predicted octanol–water partition coefficient (Wildman–Crippen LogP) is 1.24. The largest absolute Gasteiger partial charge is 0.468 e. The number of anilines is 1. The minimum Gasteiger partial charge on any atom is -0.468 e. The molecule has 0 spiro atoms. The van der Waals surface area contributed by atoms with Crippen molar-refractivity contribution in [1.82, 2.24) is 0 Å². The van der Waals surface area contributed by atoms with E-state index in [0.29, 0.717) is 15.7 Å². The Balaban J connectivity index is 3.24. The summed E-state index contributed by atoms with van der Waals surface area (Å²) in [6.45, 7) is -0.255. The maximum absolute atomic E-state index is 11.5. The first-order valence-corrected chi connectivity index (χ1v) is 7.07. The molecule has 0 amide bonds. The fourth-order valence-electron chi connectivity index (χ4n) is 1.69. The molecule has 2 N–H and O–H groups in total. The summed E-state index contributed by atoms with van der Waals surface area (Å²) in [7, 11) is 2.54. The molecule has 8 heteroatoms. The summed E-state index contributed by atoms with van der Waals surface area (Å²) in [6.07, 6.45) is 0. The van der Waals surface area contributed by atoms with E-state index >= 15 is 0 Å². The number of nitrogens with zero attached hydrogens (tertiary/aromatic N) is 1. The highest BCUT2D eigenvalue weighted by atomic mass is 79.9. The summed E-state index contributed by atoms with van der Waals surface area (Å²) in [4.78, 5) is 24.7. The molecular formula is C13H15BrN2O4S. The number of hydrogen-bond donors (Lipinski definition) is 1. The van der Waals surface area contributed by atoms with Gasteiger partial charge in [0.2, 0.25) is 0 Å². The van der Waals surface area contributed by atoms with Gasteiger partial charge in [-0.05, 0) is 28.1 Å². The number of methoxy groups -OCH3 is 2. The van der Waals surface area contributed by atoms with E-state index in [4.69, 9.17) is 18.0 Å². The molecule has 21 heavy (non-hydrogen) atoms. The number of nitrogens with two attached hydrogens (primary N) is 1. The van der Waals surface area contributed by atoms with Crippen LogP contribution in [-0.4, -0.2) is 44.2 Å². The second-order valence-corrected chi connectivity index (χ2v) is 5.30. The molecule has 0 aliphatic rings. The van der Waals surface area contributed by atoms with Crippen LogP contribution in [-0.2, 0) is 19.1 Å². The molecule has 0 aromatic heterocycles. The summed E-state index contributed by atoms with van der Waals surface area (Å²) >= 11 is 8.39. The van der Waals surface area contributed by atoms with Gasteiger partial charge in [0.15, 0.2) is 0 Å². The van der Waals surface area contributed by atoms with Gasteiger partial charge in [-0.25, -0.2) is 0 Å². The molecule has 0 heterocycles. The van der Waals surface area contributed by atoms with Crippen LogP contribution >= 0.6 is 28.1 Å². The van der Waals surface area contributed by atoms with E-state index in [2.05, 4.69) is 25.4 Å². The number of halogens is 1. The van der Waals surface area contributed by atoms with Crippen LogP contribution in [0.3, 0.4) is 0 Å². The molecule has 0 aliphatic heterocycles. The van der Waals surface area contributed by atoms with Crippen LogP contribution in [0.5, 0.6) is 0 Å². The Hall–Kier alpha value is -1.67. The minimum atomic E-state index is -0.493. The Labute approximate surface area is 136 Å². The number of rotatable bonds is 6. The second-order valence-electron chi connectivity index (χ2n) is 4.01. The van der Waals surface area contributed by atoms with Gasteiger partial charge in [0.1, 0.15) is 18.1 Å². The zero-order valence-corrected chi connectivity index (χ0v) is 14.0. The molecule has 0 bridgehead atoms. The summed E-state index contributed by atoms with van der Waals surface area (Å²) in [5.41, 5.74) is 6.81. The van der Waals surface area contributed by atoms with Crippen molar-refractivity contribution in [2.24, 2.45) is 5.73 Å². The summed E-state index contributed by atoms with van der Waals surface area (Å²) in [5.74, 6) is -0.986. The lowest BCUT2D eigenvalue weighted by Gasteiger charge is -2.25. The Morgan fingerprint density at radius 2 is 1.76 bits per heavy atom. The first kappa shape index (κ1) is 17.4. The minimum absolute atomic E-state index is 0.127. The van der Waals surface area contributed by atoms with E-state index in [1.165, 1.54) is 19.1 Å². The number of esters is 2. The second kappa shape index (κ2) is 7.94. The van der Waals surface area contributed by atoms with E-state index in [9.17, 15) is 9.59 Å². The first-order chi connectivity index (χ1) is 9.90. The van der Waals surface area contributed by atoms with Crippen LogP contribution < -0.4 is 10.6 Å². The van der Waals surface area contributed by atoms with E-state index in [1.807, 2.05) is 0 Å². The molecule has 114 valence electrons. The number of hydrogen-bond acceptors (Lipinski definition) is 6. The first-order valence-electron chi connectivity index (χ1n) is 5.87. The topological polar surface area (TPSA) is 81.9 Å². The molecule has 0 saturated heterocycles. The van der Waals surface area contributed by atoms with E-state index in [-0.39, 0.29) is 18.1 Å². The maximum Gasteiger partial charge on any atom is 0.325 e. The average molecular weight is 375 g/mol. The van der Waals surface area contributed by atoms with Gasteiger partial charge in [-0.15, -0.1) is 0 Å². The Morgan fingerprint density at radius 1 is 1.24 bits per heavy atom. The SMILES string of the molecule is COC(=O)CN(CC(=O)OC)c1cccc(Br)c1C(N)=S. The molecule has 0 aliphatic carbocycles. The fraction of sp³-hybridized carbons (Fsp3) is 0.308. The molecular weight excluding hydrogens is 360 g/mol. The molecule has 1 aromatic rings. The average Bonchev–Trinajstić information content (AvgIpc) is 2.45. The van der Waals surface area contributed by atoms with E-state index in [1.54, 1.807) is 18.2 Å². The van der Waals surface area contributed by atoms with Gasteiger partial charge in [-0.1, -0.05) is 18.3 Å². The predicted molar refractivity (Wildman–Crippen MR) is 86.3 cm³/mol. The molecule has 1 rings (SSSR count). The van der Waals surface area contributed by atoms with Crippen LogP contribution in [0.2, 0.25) is 0 Å². The number of thiocarbonyl (C=S) groups is 1. The van der Waals surface area contributed by atoms with Crippen molar-refractivity contribution in [3.8, 4) is 0 Å². The Bertz CT molecular complexity index is 547. The van der Waals surface area contributed by atoms with Crippen molar-refractivity contribution in [1.29, 1.82) is 0 Å². The smallest absolute Gasteiger partial charge is 0.325 e. The zero-order chi connectivity index (χ0) is 16.0. The summed E-state index contributed by atoms with van der Waals surface area (Å²) in [5, 5.41) is 0. The van der Waals surface area contributed by atoms with Crippen LogP contribution in [0.4, 0.5) is 5.69 Å². The zero-order valence-electron chi connectivity index (χ0n) is 11.6. The monoisotopic (exact) mass is 374 g/mol. The fourth-order valence-corrected chi connectivity index (χ4v) is 2.60. The van der Waals surface area contributed by atoms with E-state index < -0.39 is 11.9 Å². The molecule has 0 radical (unpaired) electrons. The van der Waals surface area contributed by atoms with Gasteiger partial charge < -0.3 is 20.1 Å². The molecule has 0 saturated carbocycles. The third-order valence-electron chi connectivity index (χ3n) is 2.67. The highest BCUT2D eigenvalue weighted by molar-refractivity contribution is 9.10. The van der Waals surface area contributed by atoms with Crippen molar-refractivity contribution in [3.05, 3.63) is 28.2 Å². The lowest BCUT2D eigenvalue weighted by atomic mass is 10.1. The maximum atomic E-state index is 11.5. The van der Waals surface area contributed by atoms with Gasteiger partial charge in [0.25, 0.3) is 0 Å². The standard InChI is InChI=1S/C13H15BrN2O4S/c1-19-10(17)6-16(7-11(18)20-2)9-5-3-4-8(14)12(9)13(15)21/h3-5H,6-7H2,1-2H3,(H2,15,21). The Morgan fingerprint density at radius 3 is 2.19 bits per heavy atom. The molecule has 0 unspecified atom stereocenters. The van der Waals surface area contributed by atoms with Crippen LogP contribution in [0.1, 0.15) is 5.56 Å². The normalized spacial score (nSPS) is 9.86. The molecule has 0 fully saturated rings. The number of benzene rings is 1. The van der Waals surface area contributed by atoms with E-state index in [0.717, 1.165) is 0 Å². The molecule has 0 atom stereocenters. The van der Waals surface area contributed by atoms with Crippen molar-refractivity contribution < 1.29 is 19.1 Å². The molecule has 6 nitrogen and oxygen atoms in total. The van der Waals surface area contributed by atoms with Crippen molar-refractivity contribution in [2.45, 2.75) is 0 Å². The van der Waals surface area contributed by atoms with Crippen LogP contribution in [0.15, 0.2) is 22.7 Å². The highest BCUT2D eigenvalue weighted by Crippen LogP contribution is 2.28. The summed E-state index contributed by atoms with van der Waals surface area (Å²) < 4.78 is 9.95. The summed E-state index contributed by atoms with van der Waals surface area (Å²) in [6, 6.07) is 5.24. The lowest BCUT2D eigenvalue weighted by Crippen LogP contribution is -2.37. The van der Waals surface area contributed by atoms with Crippen LogP contribution in [0.25, 0.3) is 0 Å². The van der Waals surface area contributed by atoms with Gasteiger partial charge in [-0.3, -0.25) is 9.59 Å². The van der Waals surface area contributed by atoms with Gasteiger partial charge in [0.05, 0.1) is 14.2 Å². The van der Waals surface area contributed by atoms with Gasteiger partial charge >= 0.3 is 11.9 Å². The lowest BCUT2D eigenvalue weighted by molar-refractivity contribution is -0.140. The van der Waals surface area contributed by atoms with Gasteiger partial charge in [-0.2, -0.15) is 0 Å². The molecule has 1 aromatic carbocycles. The third-order valence-corrected chi connectivity index (χ3v) is 3.54. The van der Waals surface area contributed by atoms with Gasteiger partial charge in [0, 0.05) is 15.7 Å². The van der Waals surface area contributed by atoms with Crippen molar-refractivity contribution >= 4 is 50.8 Å². The number of carbonyl (C=O) groups is 2. The van der Waals surface area contributed by atoms with Crippen molar-refractivity contribution in [2.75, 3.05) is 32.2 Å². The number of carbonyl (C=O) groups excluding carboxylic acids is 2.